The van der Waals surface area contributed by atoms with Crippen LogP contribution in [0.5, 0.6) is 0 Å². The van der Waals surface area contributed by atoms with E-state index in [-0.39, 0.29) is 24.5 Å². The number of ketones is 1. The Kier molecular flexibility index (Phi) is 4.25. The first-order valence-electron chi connectivity index (χ1n) is 8.49. The van der Waals surface area contributed by atoms with Crippen LogP contribution in [0.1, 0.15) is 28.8 Å². The average Bonchev–Trinajstić information content (AvgIpc) is 3.44. The number of halogens is 4. The van der Waals surface area contributed by atoms with Gasteiger partial charge < -0.3 is 4.74 Å². The van der Waals surface area contributed by atoms with Crippen LogP contribution in [-0.2, 0) is 10.3 Å². The standard InChI is InChI=1S/C20H15F4NO2/c21-14-8-4-7-12(18(14)22)20(19(23)24)13-9-16(13)27-17(25-20)10-15(26)11-5-2-1-3-6-11/h1-8,13,16,19H,9-10H2/t13-,16?,20+/m0/s1. The van der Waals surface area contributed by atoms with Crippen LogP contribution in [0.4, 0.5) is 17.6 Å². The van der Waals surface area contributed by atoms with Gasteiger partial charge in [0.15, 0.2) is 28.9 Å². The molecule has 0 aromatic heterocycles. The molecule has 0 N–H and O–H groups in total. The van der Waals surface area contributed by atoms with E-state index in [1.165, 1.54) is 6.07 Å². The molecule has 1 aliphatic carbocycles. The molecule has 2 aromatic carbocycles. The number of rotatable bonds is 5. The third-order valence-electron chi connectivity index (χ3n) is 5.02. The molecule has 0 amide bonds. The molecule has 4 rings (SSSR count). The molecule has 2 aromatic rings. The van der Waals surface area contributed by atoms with E-state index in [2.05, 4.69) is 4.99 Å². The Balaban J connectivity index is 1.74. The predicted octanol–water partition coefficient (Wildman–Crippen LogP) is 4.52. The third-order valence-corrected chi connectivity index (χ3v) is 5.02. The highest BCUT2D eigenvalue weighted by Crippen LogP contribution is 2.56. The molecule has 27 heavy (non-hydrogen) atoms. The van der Waals surface area contributed by atoms with E-state index in [9.17, 15) is 22.4 Å². The lowest BCUT2D eigenvalue weighted by atomic mass is 9.84. The van der Waals surface area contributed by atoms with Gasteiger partial charge in [-0.15, -0.1) is 0 Å². The van der Waals surface area contributed by atoms with Gasteiger partial charge in [-0.2, -0.15) is 0 Å². The van der Waals surface area contributed by atoms with E-state index in [0.29, 0.717) is 5.56 Å². The SMILES string of the molecule is O=C(CC1=N[C@@](c2cccc(F)c2F)(C(F)F)[C@H]2CC2O1)c1ccccc1. The molecule has 0 saturated heterocycles. The zero-order valence-corrected chi connectivity index (χ0v) is 14.0. The second kappa shape index (κ2) is 6.48. The first kappa shape index (κ1) is 17.7. The van der Waals surface area contributed by atoms with Crippen LogP contribution in [0.2, 0.25) is 0 Å². The minimum atomic E-state index is -3.07. The Morgan fingerprint density at radius 1 is 1.15 bits per heavy atom. The maximum absolute atomic E-state index is 14.4. The predicted molar refractivity (Wildman–Crippen MR) is 89.8 cm³/mol. The number of nitrogens with zero attached hydrogens (tertiary/aromatic N) is 1. The number of hydrogen-bond acceptors (Lipinski definition) is 3. The summed E-state index contributed by atoms with van der Waals surface area (Å²) in [6, 6.07) is 11.5. The van der Waals surface area contributed by atoms with Gasteiger partial charge >= 0.3 is 0 Å². The number of carbonyl (C=O) groups is 1. The lowest BCUT2D eigenvalue weighted by molar-refractivity contribution is 0.0169. The highest BCUT2D eigenvalue weighted by atomic mass is 19.3. The molecule has 0 bridgehead atoms. The number of aliphatic imine (C=N–C) groups is 1. The third kappa shape index (κ3) is 2.91. The van der Waals surface area contributed by atoms with Gasteiger partial charge in [0.1, 0.15) is 6.10 Å². The lowest BCUT2D eigenvalue weighted by Gasteiger charge is -2.34. The van der Waals surface area contributed by atoms with Crippen molar-refractivity contribution >= 4 is 11.7 Å². The minimum Gasteiger partial charge on any atom is -0.477 e. The molecule has 0 spiro atoms. The maximum Gasteiger partial charge on any atom is 0.268 e. The van der Waals surface area contributed by atoms with Crippen molar-refractivity contribution in [3.8, 4) is 0 Å². The number of benzene rings is 2. The summed E-state index contributed by atoms with van der Waals surface area (Å²) in [7, 11) is 0. The molecule has 1 fully saturated rings. The van der Waals surface area contributed by atoms with Crippen molar-refractivity contribution in [3.63, 3.8) is 0 Å². The van der Waals surface area contributed by atoms with Crippen molar-refractivity contribution < 1.29 is 27.1 Å². The highest BCUT2D eigenvalue weighted by molar-refractivity contribution is 6.07. The Morgan fingerprint density at radius 3 is 2.59 bits per heavy atom. The molecule has 7 heteroatoms. The summed E-state index contributed by atoms with van der Waals surface area (Å²) in [6.07, 6.45) is -3.74. The van der Waals surface area contributed by atoms with Gasteiger partial charge in [-0.1, -0.05) is 42.5 Å². The molecular weight excluding hydrogens is 362 g/mol. The topological polar surface area (TPSA) is 38.7 Å². The number of alkyl halides is 2. The van der Waals surface area contributed by atoms with E-state index >= 15 is 0 Å². The van der Waals surface area contributed by atoms with E-state index in [1.54, 1.807) is 30.3 Å². The van der Waals surface area contributed by atoms with Gasteiger partial charge in [0, 0.05) is 17.0 Å². The van der Waals surface area contributed by atoms with Gasteiger partial charge in [0.05, 0.1) is 6.42 Å². The van der Waals surface area contributed by atoms with E-state index in [0.717, 1.165) is 12.1 Å². The zero-order valence-electron chi connectivity index (χ0n) is 14.0. The van der Waals surface area contributed by atoms with Crippen LogP contribution in [0.15, 0.2) is 53.5 Å². The van der Waals surface area contributed by atoms with Crippen molar-refractivity contribution in [2.24, 2.45) is 10.9 Å². The second-order valence-electron chi connectivity index (χ2n) is 6.70. The summed E-state index contributed by atoms with van der Waals surface area (Å²) in [5.74, 6) is -3.84. The molecule has 3 nitrogen and oxygen atoms in total. The Hall–Kier alpha value is -2.70. The maximum atomic E-state index is 14.4. The van der Waals surface area contributed by atoms with Gasteiger partial charge in [-0.3, -0.25) is 4.79 Å². The minimum absolute atomic E-state index is 0.174. The fraction of sp³-hybridized carbons (Fsp3) is 0.300. The monoisotopic (exact) mass is 377 g/mol. The number of fused-ring (bicyclic) bond motifs is 1. The number of Topliss-reactive ketones (excluding diaryl/α,β-unsaturated/α-hetero) is 1. The van der Waals surface area contributed by atoms with Gasteiger partial charge in [0.25, 0.3) is 6.43 Å². The van der Waals surface area contributed by atoms with Crippen molar-refractivity contribution in [3.05, 3.63) is 71.3 Å². The molecule has 1 saturated carbocycles. The Bertz CT molecular complexity index is 915. The van der Waals surface area contributed by atoms with Crippen LogP contribution >= 0.6 is 0 Å². The first-order chi connectivity index (χ1) is 12.9. The molecule has 2 aliphatic rings. The van der Waals surface area contributed by atoms with E-state index < -0.39 is 41.2 Å². The van der Waals surface area contributed by atoms with Gasteiger partial charge in [-0.25, -0.2) is 22.6 Å². The number of ether oxygens (including phenoxy) is 1. The highest BCUT2D eigenvalue weighted by Gasteiger charge is 2.64. The van der Waals surface area contributed by atoms with Crippen LogP contribution in [0.25, 0.3) is 0 Å². The summed E-state index contributed by atoms with van der Waals surface area (Å²) < 4.78 is 61.9. The molecule has 1 heterocycles. The van der Waals surface area contributed by atoms with Crippen LogP contribution in [0, 0.1) is 17.6 Å². The lowest BCUT2D eigenvalue weighted by Crippen LogP contribution is -2.42. The fourth-order valence-electron chi connectivity index (χ4n) is 3.60. The molecule has 140 valence electrons. The van der Waals surface area contributed by atoms with Crippen molar-refractivity contribution in [1.29, 1.82) is 0 Å². The number of carbonyl (C=O) groups excluding carboxylic acids is 1. The molecule has 0 radical (unpaired) electrons. The molecular formula is C20H15F4NO2. The normalized spacial score (nSPS) is 26.2. The summed E-state index contributed by atoms with van der Waals surface area (Å²) >= 11 is 0. The van der Waals surface area contributed by atoms with E-state index in [1.807, 2.05) is 0 Å². The van der Waals surface area contributed by atoms with Crippen LogP contribution in [0.3, 0.4) is 0 Å². The van der Waals surface area contributed by atoms with Crippen LogP contribution < -0.4 is 0 Å². The first-order valence-corrected chi connectivity index (χ1v) is 8.49. The van der Waals surface area contributed by atoms with E-state index in [4.69, 9.17) is 4.74 Å². The van der Waals surface area contributed by atoms with Crippen molar-refractivity contribution in [2.75, 3.05) is 0 Å². The van der Waals surface area contributed by atoms with Crippen molar-refractivity contribution in [2.45, 2.75) is 30.9 Å². The number of hydrogen-bond donors (Lipinski definition) is 0. The average molecular weight is 377 g/mol. The molecule has 1 aliphatic heterocycles. The fourth-order valence-corrected chi connectivity index (χ4v) is 3.60. The van der Waals surface area contributed by atoms with Gasteiger partial charge in [0.2, 0.25) is 0 Å². The second-order valence-corrected chi connectivity index (χ2v) is 6.70. The quantitative estimate of drug-likeness (QED) is 0.568. The van der Waals surface area contributed by atoms with Crippen LogP contribution in [-0.4, -0.2) is 24.2 Å². The largest absolute Gasteiger partial charge is 0.477 e. The summed E-state index contributed by atoms with van der Waals surface area (Å²) in [4.78, 5) is 16.4. The zero-order chi connectivity index (χ0) is 19.2. The van der Waals surface area contributed by atoms with Crippen molar-refractivity contribution in [1.82, 2.24) is 0 Å². The summed E-state index contributed by atoms with van der Waals surface area (Å²) in [5.41, 5.74) is -2.36. The Labute approximate surface area is 152 Å². The summed E-state index contributed by atoms with van der Waals surface area (Å²) in [5, 5.41) is 0. The Morgan fingerprint density at radius 2 is 1.89 bits per heavy atom. The van der Waals surface area contributed by atoms with Gasteiger partial charge in [-0.05, 0) is 12.5 Å². The summed E-state index contributed by atoms with van der Waals surface area (Å²) in [6.45, 7) is 0. The molecule has 1 unspecified atom stereocenters. The molecule has 3 atom stereocenters. The smallest absolute Gasteiger partial charge is 0.268 e.